The van der Waals surface area contributed by atoms with Crippen LogP contribution in [0.4, 0.5) is 11.5 Å². The standard InChI is InChI=1S/C23H25N5O2/c1-13-12-16(23(30)25-19-6-5-11-24-14(19)2)7-8-17(13)18-9-10-20(29)26-22-21(18)15(3)27-28(22)4/h5-8,11-12,18H,9-10H2,1-4H3,(H,25,30)(H,26,29). The predicted octanol–water partition coefficient (Wildman–Crippen LogP) is 3.86. The van der Waals surface area contributed by atoms with Gasteiger partial charge in [-0.15, -0.1) is 0 Å². The quantitative estimate of drug-likeness (QED) is 0.695. The maximum atomic E-state index is 12.8. The van der Waals surface area contributed by atoms with Crippen LogP contribution in [0.3, 0.4) is 0 Å². The average molecular weight is 403 g/mol. The van der Waals surface area contributed by atoms with Crippen LogP contribution in [0.2, 0.25) is 0 Å². The number of nitrogens with one attached hydrogen (secondary N) is 2. The summed E-state index contributed by atoms with van der Waals surface area (Å²) in [4.78, 5) is 29.2. The predicted molar refractivity (Wildman–Crippen MR) is 116 cm³/mol. The zero-order valence-electron chi connectivity index (χ0n) is 17.6. The van der Waals surface area contributed by atoms with Gasteiger partial charge in [0.1, 0.15) is 5.82 Å². The smallest absolute Gasteiger partial charge is 0.255 e. The molecule has 3 heterocycles. The van der Waals surface area contributed by atoms with Crippen molar-refractivity contribution in [2.24, 2.45) is 7.05 Å². The molecular formula is C23H25N5O2. The number of anilines is 2. The van der Waals surface area contributed by atoms with E-state index in [1.165, 1.54) is 0 Å². The third kappa shape index (κ3) is 3.58. The fourth-order valence-electron chi connectivity index (χ4n) is 4.18. The molecule has 3 aromatic rings. The van der Waals surface area contributed by atoms with Crippen molar-refractivity contribution in [3.63, 3.8) is 0 Å². The summed E-state index contributed by atoms with van der Waals surface area (Å²) in [7, 11) is 1.84. The Hall–Kier alpha value is -3.48. The highest BCUT2D eigenvalue weighted by molar-refractivity contribution is 6.04. The van der Waals surface area contributed by atoms with Gasteiger partial charge in [-0.25, -0.2) is 0 Å². The Labute approximate surface area is 175 Å². The molecule has 1 aliphatic rings. The summed E-state index contributed by atoms with van der Waals surface area (Å²) < 4.78 is 1.73. The Morgan fingerprint density at radius 2 is 2.00 bits per heavy atom. The summed E-state index contributed by atoms with van der Waals surface area (Å²) in [6, 6.07) is 9.38. The molecule has 0 saturated heterocycles. The van der Waals surface area contributed by atoms with Gasteiger partial charge in [-0.2, -0.15) is 5.10 Å². The topological polar surface area (TPSA) is 88.9 Å². The molecule has 1 aromatic carbocycles. The fraction of sp³-hybridized carbons (Fsp3) is 0.304. The Morgan fingerprint density at radius 3 is 2.73 bits per heavy atom. The van der Waals surface area contributed by atoms with Crippen LogP contribution < -0.4 is 10.6 Å². The van der Waals surface area contributed by atoms with Crippen molar-refractivity contribution >= 4 is 23.3 Å². The summed E-state index contributed by atoms with van der Waals surface area (Å²) in [5.41, 5.74) is 6.15. The molecule has 154 valence electrons. The maximum absolute atomic E-state index is 12.8. The Morgan fingerprint density at radius 1 is 1.20 bits per heavy atom. The first-order chi connectivity index (χ1) is 14.3. The van der Waals surface area contributed by atoms with Crippen LogP contribution in [0.5, 0.6) is 0 Å². The summed E-state index contributed by atoms with van der Waals surface area (Å²) in [6.07, 6.45) is 2.85. The van der Waals surface area contributed by atoms with Gasteiger partial charge in [0, 0.05) is 36.7 Å². The van der Waals surface area contributed by atoms with Gasteiger partial charge < -0.3 is 10.6 Å². The van der Waals surface area contributed by atoms with E-state index in [-0.39, 0.29) is 17.7 Å². The molecule has 0 fully saturated rings. The molecular weight excluding hydrogens is 378 g/mol. The minimum absolute atomic E-state index is 0.00208. The van der Waals surface area contributed by atoms with Crippen molar-refractivity contribution in [1.82, 2.24) is 14.8 Å². The molecule has 1 unspecified atom stereocenters. The van der Waals surface area contributed by atoms with Crippen molar-refractivity contribution in [3.05, 3.63) is 70.2 Å². The van der Waals surface area contributed by atoms with Gasteiger partial charge in [0.05, 0.1) is 17.1 Å². The van der Waals surface area contributed by atoms with Gasteiger partial charge >= 0.3 is 0 Å². The molecule has 1 aliphatic heterocycles. The van der Waals surface area contributed by atoms with Crippen molar-refractivity contribution in [2.75, 3.05) is 10.6 Å². The second kappa shape index (κ2) is 7.74. The van der Waals surface area contributed by atoms with E-state index >= 15 is 0 Å². The summed E-state index contributed by atoms with van der Waals surface area (Å²) >= 11 is 0. The Balaban J connectivity index is 1.66. The molecule has 0 spiro atoms. The van der Waals surface area contributed by atoms with Crippen LogP contribution in [0.25, 0.3) is 0 Å². The van der Waals surface area contributed by atoms with E-state index in [0.717, 1.165) is 33.9 Å². The number of benzene rings is 1. The minimum atomic E-state index is -0.170. The van der Waals surface area contributed by atoms with Crippen LogP contribution in [-0.4, -0.2) is 26.6 Å². The minimum Gasteiger partial charge on any atom is -0.320 e. The molecule has 7 nitrogen and oxygen atoms in total. The number of fused-ring (bicyclic) bond motifs is 1. The number of pyridine rings is 1. The summed E-state index contributed by atoms with van der Waals surface area (Å²) in [5.74, 6) is 0.637. The largest absolute Gasteiger partial charge is 0.320 e. The molecule has 0 bridgehead atoms. The average Bonchev–Trinajstić information content (AvgIpc) is 2.87. The number of aryl methyl sites for hydroxylation is 4. The fourth-order valence-corrected chi connectivity index (χ4v) is 4.18. The molecule has 0 saturated carbocycles. The van der Waals surface area contributed by atoms with Crippen LogP contribution in [0.15, 0.2) is 36.5 Å². The van der Waals surface area contributed by atoms with Gasteiger partial charge in [-0.3, -0.25) is 19.3 Å². The van der Waals surface area contributed by atoms with Gasteiger partial charge in [-0.1, -0.05) is 6.07 Å². The monoisotopic (exact) mass is 403 g/mol. The van der Waals surface area contributed by atoms with Crippen molar-refractivity contribution in [2.45, 2.75) is 39.5 Å². The number of aromatic nitrogens is 3. The first-order valence-electron chi connectivity index (χ1n) is 10.0. The van der Waals surface area contributed by atoms with E-state index < -0.39 is 0 Å². The number of hydrogen-bond donors (Lipinski definition) is 2. The normalized spacial score (nSPS) is 15.9. The van der Waals surface area contributed by atoms with E-state index in [4.69, 9.17) is 0 Å². The number of carbonyl (C=O) groups excluding carboxylic acids is 2. The van der Waals surface area contributed by atoms with Gasteiger partial charge in [-0.05, 0) is 62.6 Å². The lowest BCUT2D eigenvalue weighted by molar-refractivity contribution is -0.116. The third-order valence-corrected chi connectivity index (χ3v) is 5.70. The van der Waals surface area contributed by atoms with E-state index in [2.05, 4.69) is 20.7 Å². The molecule has 2 aromatic heterocycles. The first-order valence-corrected chi connectivity index (χ1v) is 10.0. The summed E-state index contributed by atoms with van der Waals surface area (Å²) in [5, 5.41) is 10.4. The third-order valence-electron chi connectivity index (χ3n) is 5.70. The van der Waals surface area contributed by atoms with E-state index in [1.54, 1.807) is 16.9 Å². The lowest BCUT2D eigenvalue weighted by atomic mass is 9.85. The molecule has 1 atom stereocenters. The van der Waals surface area contributed by atoms with Crippen LogP contribution >= 0.6 is 0 Å². The maximum Gasteiger partial charge on any atom is 0.255 e. The molecule has 0 aliphatic carbocycles. The van der Waals surface area contributed by atoms with Crippen molar-refractivity contribution in [1.29, 1.82) is 0 Å². The van der Waals surface area contributed by atoms with Crippen LogP contribution in [0.1, 0.15) is 57.2 Å². The van der Waals surface area contributed by atoms with E-state index in [0.29, 0.717) is 24.1 Å². The zero-order chi connectivity index (χ0) is 21.4. The number of hydrogen-bond acceptors (Lipinski definition) is 4. The van der Waals surface area contributed by atoms with Crippen LogP contribution in [-0.2, 0) is 11.8 Å². The summed E-state index contributed by atoms with van der Waals surface area (Å²) in [6.45, 7) is 5.84. The Kier molecular flexibility index (Phi) is 5.11. The second-order valence-corrected chi connectivity index (χ2v) is 7.77. The number of carbonyl (C=O) groups is 2. The highest BCUT2D eigenvalue weighted by Crippen LogP contribution is 2.39. The lowest BCUT2D eigenvalue weighted by Crippen LogP contribution is -2.14. The zero-order valence-corrected chi connectivity index (χ0v) is 17.6. The number of amides is 2. The molecule has 4 rings (SSSR count). The first kappa shape index (κ1) is 19.8. The molecule has 0 radical (unpaired) electrons. The number of rotatable bonds is 3. The lowest BCUT2D eigenvalue weighted by Gasteiger charge is -2.19. The molecule has 2 N–H and O–H groups in total. The van der Waals surface area contributed by atoms with E-state index in [1.807, 2.05) is 52.1 Å². The second-order valence-electron chi connectivity index (χ2n) is 7.77. The van der Waals surface area contributed by atoms with Crippen molar-refractivity contribution < 1.29 is 9.59 Å². The van der Waals surface area contributed by atoms with Crippen LogP contribution in [0, 0.1) is 20.8 Å². The van der Waals surface area contributed by atoms with Gasteiger partial charge in [0.25, 0.3) is 5.91 Å². The molecule has 2 amide bonds. The Bertz CT molecular complexity index is 1150. The highest BCUT2D eigenvalue weighted by Gasteiger charge is 2.29. The van der Waals surface area contributed by atoms with Crippen molar-refractivity contribution in [3.8, 4) is 0 Å². The van der Waals surface area contributed by atoms with E-state index in [9.17, 15) is 9.59 Å². The highest BCUT2D eigenvalue weighted by atomic mass is 16.2. The van der Waals surface area contributed by atoms with Gasteiger partial charge in [0.2, 0.25) is 5.91 Å². The van der Waals surface area contributed by atoms with Gasteiger partial charge in [0.15, 0.2) is 0 Å². The SMILES string of the molecule is Cc1cc(C(=O)Nc2cccnc2C)ccc1C1CCC(=O)Nc2c1c(C)nn2C. The molecule has 30 heavy (non-hydrogen) atoms. The molecule has 7 heteroatoms. The number of nitrogens with zero attached hydrogens (tertiary/aromatic N) is 3.